The molecule has 1 N–H and O–H groups in total. The van der Waals surface area contributed by atoms with Gasteiger partial charge in [0.15, 0.2) is 5.16 Å². The van der Waals surface area contributed by atoms with Gasteiger partial charge in [-0.2, -0.15) is 0 Å². The molecule has 1 heterocycles. The van der Waals surface area contributed by atoms with E-state index >= 15 is 0 Å². The van der Waals surface area contributed by atoms with Gasteiger partial charge in [-0.25, -0.2) is 4.98 Å². The summed E-state index contributed by atoms with van der Waals surface area (Å²) in [6.45, 7) is 2.22. The molecule has 0 saturated heterocycles. The van der Waals surface area contributed by atoms with Gasteiger partial charge in [0.2, 0.25) is 0 Å². The summed E-state index contributed by atoms with van der Waals surface area (Å²) in [6, 6.07) is 16.7. The Labute approximate surface area is 129 Å². The molecule has 0 aliphatic carbocycles. The minimum Gasteiger partial charge on any atom is -0.377 e. The van der Waals surface area contributed by atoms with Gasteiger partial charge in [0.25, 0.3) is 0 Å². The molecule has 1 atom stereocenters. The van der Waals surface area contributed by atoms with Crippen LogP contribution in [-0.2, 0) is 0 Å². The summed E-state index contributed by atoms with van der Waals surface area (Å²) in [7, 11) is 4.16. The molecule has 21 heavy (non-hydrogen) atoms. The minimum atomic E-state index is 0.337. The highest BCUT2D eigenvalue weighted by Crippen LogP contribution is 2.38. The molecule has 108 valence electrons. The van der Waals surface area contributed by atoms with Crippen LogP contribution in [0.5, 0.6) is 0 Å². The Morgan fingerprint density at radius 2 is 1.76 bits per heavy atom. The van der Waals surface area contributed by atoms with E-state index in [0.717, 1.165) is 16.2 Å². The van der Waals surface area contributed by atoms with E-state index in [9.17, 15) is 0 Å². The molecule has 0 radical (unpaired) electrons. The van der Waals surface area contributed by atoms with Crippen LogP contribution in [0.15, 0.2) is 53.7 Å². The van der Waals surface area contributed by atoms with Gasteiger partial charge < -0.3 is 9.88 Å². The predicted molar refractivity (Wildman–Crippen MR) is 91.1 cm³/mol. The number of imidazole rings is 1. The number of rotatable bonds is 4. The maximum Gasteiger partial charge on any atom is 0.166 e. The Kier molecular flexibility index (Phi) is 3.88. The molecule has 3 aromatic rings. The number of hydrogen-bond donors (Lipinski definition) is 1. The number of anilines is 1. The third kappa shape index (κ3) is 2.90. The fourth-order valence-corrected chi connectivity index (χ4v) is 3.44. The topological polar surface area (TPSA) is 31.9 Å². The van der Waals surface area contributed by atoms with Crippen molar-refractivity contribution in [2.24, 2.45) is 0 Å². The van der Waals surface area contributed by atoms with E-state index in [1.54, 1.807) is 11.8 Å². The number of fused-ring (bicyclic) bond motifs is 1. The lowest BCUT2D eigenvalue weighted by molar-refractivity contribution is 1.01. The average molecular weight is 297 g/mol. The van der Waals surface area contributed by atoms with E-state index < -0.39 is 0 Å². The van der Waals surface area contributed by atoms with Crippen molar-refractivity contribution in [3.63, 3.8) is 0 Å². The molecule has 4 heteroatoms. The van der Waals surface area contributed by atoms with Crippen molar-refractivity contribution in [2.45, 2.75) is 17.3 Å². The number of nitrogens with one attached hydrogen (secondary N) is 1. The van der Waals surface area contributed by atoms with Crippen molar-refractivity contribution in [1.82, 2.24) is 9.97 Å². The van der Waals surface area contributed by atoms with Crippen LogP contribution in [-0.4, -0.2) is 24.1 Å². The molecule has 2 aromatic carbocycles. The molecule has 3 nitrogen and oxygen atoms in total. The Bertz CT molecular complexity index is 715. The molecule has 0 spiro atoms. The molecule has 0 fully saturated rings. The molecule has 0 amide bonds. The highest BCUT2D eigenvalue weighted by atomic mass is 32.2. The van der Waals surface area contributed by atoms with Crippen molar-refractivity contribution < 1.29 is 0 Å². The molecule has 0 aliphatic heterocycles. The first-order chi connectivity index (χ1) is 10.1. The molecule has 0 bridgehead atoms. The number of H-pyrrole nitrogens is 1. The molecule has 3 rings (SSSR count). The number of aromatic amines is 1. The van der Waals surface area contributed by atoms with Gasteiger partial charge in [-0.05, 0) is 30.7 Å². The van der Waals surface area contributed by atoms with Crippen molar-refractivity contribution in [1.29, 1.82) is 0 Å². The van der Waals surface area contributed by atoms with E-state index in [1.165, 1.54) is 11.3 Å². The van der Waals surface area contributed by atoms with E-state index in [2.05, 4.69) is 66.2 Å². The third-order valence-electron chi connectivity index (χ3n) is 3.51. The minimum absolute atomic E-state index is 0.337. The highest BCUT2D eigenvalue weighted by molar-refractivity contribution is 7.99. The highest BCUT2D eigenvalue weighted by Gasteiger charge is 2.14. The zero-order valence-corrected chi connectivity index (χ0v) is 13.3. The fourth-order valence-electron chi connectivity index (χ4n) is 2.45. The lowest BCUT2D eigenvalue weighted by atomic mass is 10.1. The first kappa shape index (κ1) is 14.0. The van der Waals surface area contributed by atoms with Crippen LogP contribution in [0.1, 0.15) is 17.7 Å². The van der Waals surface area contributed by atoms with E-state index in [1.807, 2.05) is 18.2 Å². The Balaban J connectivity index is 1.87. The van der Waals surface area contributed by atoms with Crippen LogP contribution in [0, 0.1) is 0 Å². The summed E-state index contributed by atoms with van der Waals surface area (Å²) in [4.78, 5) is 10.2. The first-order valence-corrected chi connectivity index (χ1v) is 7.91. The maximum atomic E-state index is 4.65. The first-order valence-electron chi connectivity index (χ1n) is 7.03. The van der Waals surface area contributed by atoms with Crippen molar-refractivity contribution >= 4 is 28.5 Å². The monoisotopic (exact) mass is 297 g/mol. The summed E-state index contributed by atoms with van der Waals surface area (Å²) >= 11 is 1.76. The van der Waals surface area contributed by atoms with Gasteiger partial charge in [-0.1, -0.05) is 42.1 Å². The molecule has 0 aliphatic rings. The third-order valence-corrected chi connectivity index (χ3v) is 4.54. The van der Waals surface area contributed by atoms with Crippen LogP contribution in [0.25, 0.3) is 11.0 Å². The smallest absolute Gasteiger partial charge is 0.166 e. The quantitative estimate of drug-likeness (QED) is 0.720. The number of hydrogen-bond acceptors (Lipinski definition) is 3. The lowest BCUT2D eigenvalue weighted by Crippen LogP contribution is -2.11. The summed E-state index contributed by atoms with van der Waals surface area (Å²) in [5, 5.41) is 1.31. The number of para-hydroxylation sites is 3. The van der Waals surface area contributed by atoms with Gasteiger partial charge >= 0.3 is 0 Å². The van der Waals surface area contributed by atoms with Crippen molar-refractivity contribution in [3.05, 3.63) is 54.1 Å². The number of thioether (sulfide) groups is 1. The van der Waals surface area contributed by atoms with Crippen LogP contribution >= 0.6 is 11.8 Å². The predicted octanol–water partition coefficient (Wildman–Crippen LogP) is 4.48. The van der Waals surface area contributed by atoms with E-state index in [4.69, 9.17) is 0 Å². The number of aromatic nitrogens is 2. The van der Waals surface area contributed by atoms with Gasteiger partial charge in [0, 0.05) is 25.0 Å². The second kappa shape index (κ2) is 5.82. The van der Waals surface area contributed by atoms with E-state index in [-0.39, 0.29) is 0 Å². The van der Waals surface area contributed by atoms with Gasteiger partial charge in [0.1, 0.15) is 0 Å². The average Bonchev–Trinajstić information content (AvgIpc) is 2.89. The van der Waals surface area contributed by atoms with Gasteiger partial charge in [-0.15, -0.1) is 0 Å². The number of nitrogens with zero attached hydrogens (tertiary/aromatic N) is 2. The second-order valence-electron chi connectivity index (χ2n) is 5.27. The Morgan fingerprint density at radius 1 is 1.05 bits per heavy atom. The number of benzene rings is 2. The van der Waals surface area contributed by atoms with Crippen LogP contribution in [0.3, 0.4) is 0 Å². The van der Waals surface area contributed by atoms with Crippen LogP contribution < -0.4 is 4.90 Å². The second-order valence-corrected chi connectivity index (χ2v) is 6.60. The zero-order valence-electron chi connectivity index (χ0n) is 12.5. The summed E-state index contributed by atoms with van der Waals surface area (Å²) in [5.41, 5.74) is 4.70. The molecule has 0 saturated carbocycles. The van der Waals surface area contributed by atoms with Crippen LogP contribution in [0.4, 0.5) is 5.69 Å². The maximum absolute atomic E-state index is 4.65. The Morgan fingerprint density at radius 3 is 2.52 bits per heavy atom. The fraction of sp³-hybridized carbons (Fsp3) is 0.235. The van der Waals surface area contributed by atoms with Crippen molar-refractivity contribution in [3.8, 4) is 0 Å². The summed E-state index contributed by atoms with van der Waals surface area (Å²) in [6.07, 6.45) is 0. The standard InChI is InChI=1S/C17H19N3S/c1-12(13-8-4-7-11-16(13)20(2)3)21-17-18-14-9-5-6-10-15(14)19-17/h4-12H,1-3H3,(H,18,19). The van der Waals surface area contributed by atoms with Gasteiger partial charge in [-0.3, -0.25) is 0 Å². The molecular formula is C17H19N3S. The van der Waals surface area contributed by atoms with Gasteiger partial charge in [0.05, 0.1) is 11.0 Å². The molecule has 1 aromatic heterocycles. The van der Waals surface area contributed by atoms with E-state index in [0.29, 0.717) is 5.25 Å². The molecular weight excluding hydrogens is 278 g/mol. The largest absolute Gasteiger partial charge is 0.377 e. The van der Waals surface area contributed by atoms with Crippen molar-refractivity contribution in [2.75, 3.05) is 19.0 Å². The summed E-state index contributed by atoms with van der Waals surface area (Å²) < 4.78 is 0. The Hall–Kier alpha value is -1.94. The summed E-state index contributed by atoms with van der Waals surface area (Å²) in [5.74, 6) is 0. The zero-order chi connectivity index (χ0) is 14.8. The SMILES string of the molecule is CC(Sc1nc2ccccc2[nH]1)c1ccccc1N(C)C. The lowest BCUT2D eigenvalue weighted by Gasteiger charge is -2.20. The normalized spacial score (nSPS) is 12.5. The van der Waals surface area contributed by atoms with Crippen LogP contribution in [0.2, 0.25) is 0 Å². The molecule has 1 unspecified atom stereocenters.